The Labute approximate surface area is 185 Å². The third-order valence-electron chi connectivity index (χ3n) is 5.81. The Bertz CT molecular complexity index is 872. The van der Waals surface area contributed by atoms with Crippen molar-refractivity contribution in [1.82, 2.24) is 4.90 Å². The van der Waals surface area contributed by atoms with E-state index in [4.69, 9.17) is 15.5 Å². The number of anilines is 1. The maximum Gasteiger partial charge on any atom is 0.410 e. The van der Waals surface area contributed by atoms with Gasteiger partial charge in [0.2, 0.25) is 0 Å². The van der Waals surface area contributed by atoms with Crippen LogP contribution in [0, 0.1) is 5.41 Å². The van der Waals surface area contributed by atoms with Crippen LogP contribution in [0.25, 0.3) is 0 Å². The molecular weight excluding hydrogens is 392 g/mol. The number of hydrogen-bond donors (Lipinski definition) is 1. The number of benzodiazepines with no additional fused rings is 1. The molecule has 0 aromatic heterocycles. The number of nitrogens with zero attached hydrogens (tertiary/aromatic N) is 3. The maximum absolute atomic E-state index is 13.1. The summed E-state index contributed by atoms with van der Waals surface area (Å²) in [7, 11) is 0. The molecule has 0 saturated carbocycles. The minimum Gasteiger partial charge on any atom is -0.444 e. The highest BCUT2D eigenvalue weighted by molar-refractivity contribution is 6.15. The molecule has 170 valence electrons. The molecule has 0 bridgehead atoms. The standard InChI is InChI=1S/C24H36N4O3/c1-7-13-27-17-11-9-8-10-16(17)19(26-20(25)21(27)29)18-15-24(5,6)12-14-28(18)22(30)31-23(2,3)4/h8-11,18,20H,7,12-15,25H2,1-6H3/t18-,20-/m1/s1. The summed E-state index contributed by atoms with van der Waals surface area (Å²) in [5.74, 6) is -0.219. The predicted molar refractivity (Wildman–Crippen MR) is 123 cm³/mol. The number of nitrogens with two attached hydrogens (primary N) is 1. The van der Waals surface area contributed by atoms with E-state index in [1.54, 1.807) is 9.80 Å². The molecular formula is C24H36N4O3. The van der Waals surface area contributed by atoms with Gasteiger partial charge in [0, 0.05) is 18.7 Å². The van der Waals surface area contributed by atoms with Gasteiger partial charge in [0.05, 0.1) is 17.4 Å². The van der Waals surface area contributed by atoms with Gasteiger partial charge in [-0.25, -0.2) is 4.79 Å². The number of fused-ring (bicyclic) bond motifs is 1. The molecule has 1 saturated heterocycles. The Morgan fingerprint density at radius 2 is 1.97 bits per heavy atom. The SMILES string of the molecule is CCCN1C(=O)[C@H](N)N=C([C@H]2CC(C)(C)CCN2C(=O)OC(C)(C)C)c2ccccc21. The molecule has 2 amide bonds. The van der Waals surface area contributed by atoms with E-state index in [0.29, 0.717) is 25.2 Å². The Balaban J connectivity index is 2.10. The van der Waals surface area contributed by atoms with Gasteiger partial charge in [-0.1, -0.05) is 39.0 Å². The number of ether oxygens (including phenoxy) is 1. The largest absolute Gasteiger partial charge is 0.444 e. The van der Waals surface area contributed by atoms with Crippen LogP contribution in [-0.2, 0) is 9.53 Å². The fourth-order valence-corrected chi connectivity index (χ4v) is 4.30. The van der Waals surface area contributed by atoms with E-state index in [2.05, 4.69) is 13.8 Å². The lowest BCUT2D eigenvalue weighted by Crippen LogP contribution is -2.53. The molecule has 1 aromatic rings. The first kappa shape index (κ1) is 23.3. The molecule has 31 heavy (non-hydrogen) atoms. The second-order valence-corrected chi connectivity index (χ2v) is 10.3. The molecule has 2 atom stereocenters. The second-order valence-electron chi connectivity index (χ2n) is 10.3. The van der Waals surface area contributed by atoms with E-state index in [9.17, 15) is 9.59 Å². The van der Waals surface area contributed by atoms with Crippen molar-refractivity contribution in [2.45, 2.75) is 78.6 Å². The minimum atomic E-state index is -1.00. The minimum absolute atomic E-state index is 0.0180. The zero-order valence-corrected chi connectivity index (χ0v) is 19.6. The van der Waals surface area contributed by atoms with Crippen LogP contribution in [0.5, 0.6) is 0 Å². The van der Waals surface area contributed by atoms with Crippen molar-refractivity contribution in [3.8, 4) is 0 Å². The first-order valence-corrected chi connectivity index (χ1v) is 11.2. The number of carbonyl (C=O) groups is 2. The summed E-state index contributed by atoms with van der Waals surface area (Å²) >= 11 is 0. The fourth-order valence-electron chi connectivity index (χ4n) is 4.30. The Hall–Kier alpha value is -2.41. The summed E-state index contributed by atoms with van der Waals surface area (Å²) in [5.41, 5.74) is 8.02. The van der Waals surface area contributed by atoms with Crippen LogP contribution in [0.2, 0.25) is 0 Å². The van der Waals surface area contributed by atoms with E-state index < -0.39 is 11.8 Å². The van der Waals surface area contributed by atoms with Crippen LogP contribution >= 0.6 is 0 Å². The highest BCUT2D eigenvalue weighted by Gasteiger charge is 2.42. The molecule has 0 radical (unpaired) electrons. The number of hydrogen-bond acceptors (Lipinski definition) is 5. The van der Waals surface area contributed by atoms with E-state index in [0.717, 1.165) is 24.1 Å². The maximum atomic E-state index is 13.1. The van der Waals surface area contributed by atoms with Crippen molar-refractivity contribution < 1.29 is 14.3 Å². The number of rotatable bonds is 3. The lowest BCUT2D eigenvalue weighted by Gasteiger charge is -2.44. The monoisotopic (exact) mass is 428 g/mol. The van der Waals surface area contributed by atoms with Crippen LogP contribution < -0.4 is 10.6 Å². The number of benzene rings is 1. The molecule has 0 spiro atoms. The highest BCUT2D eigenvalue weighted by atomic mass is 16.6. The molecule has 2 heterocycles. The van der Waals surface area contributed by atoms with Crippen molar-refractivity contribution in [2.75, 3.05) is 18.0 Å². The van der Waals surface area contributed by atoms with Crippen LogP contribution in [0.3, 0.4) is 0 Å². The fraction of sp³-hybridized carbons (Fsp3) is 0.625. The van der Waals surface area contributed by atoms with Crippen molar-refractivity contribution in [3.05, 3.63) is 29.8 Å². The average Bonchev–Trinajstić information content (AvgIpc) is 2.76. The van der Waals surface area contributed by atoms with Crippen LogP contribution in [0.1, 0.15) is 66.4 Å². The van der Waals surface area contributed by atoms with Gasteiger partial charge < -0.3 is 15.4 Å². The normalized spacial score (nSPS) is 23.7. The summed E-state index contributed by atoms with van der Waals surface area (Å²) in [4.78, 5) is 34.4. The molecule has 1 fully saturated rings. The first-order chi connectivity index (χ1) is 14.4. The van der Waals surface area contributed by atoms with Gasteiger partial charge in [0.1, 0.15) is 5.60 Å². The van der Waals surface area contributed by atoms with E-state index in [1.165, 1.54) is 0 Å². The van der Waals surface area contributed by atoms with Gasteiger partial charge in [-0.2, -0.15) is 0 Å². The topological polar surface area (TPSA) is 88.2 Å². The molecule has 3 rings (SSSR count). The van der Waals surface area contributed by atoms with Gasteiger partial charge in [0.25, 0.3) is 5.91 Å². The van der Waals surface area contributed by atoms with Gasteiger partial charge in [-0.15, -0.1) is 0 Å². The van der Waals surface area contributed by atoms with Crippen LogP contribution in [0.15, 0.2) is 29.3 Å². The first-order valence-electron chi connectivity index (χ1n) is 11.2. The van der Waals surface area contributed by atoms with E-state index >= 15 is 0 Å². The van der Waals surface area contributed by atoms with Crippen molar-refractivity contribution in [2.24, 2.45) is 16.1 Å². The van der Waals surface area contributed by atoms with Crippen LogP contribution in [-0.4, -0.2) is 53.5 Å². The Morgan fingerprint density at radius 1 is 1.29 bits per heavy atom. The van der Waals surface area contributed by atoms with Crippen molar-refractivity contribution in [1.29, 1.82) is 0 Å². The zero-order chi connectivity index (χ0) is 23.0. The number of amides is 2. The molecule has 7 heteroatoms. The van der Waals surface area contributed by atoms with Crippen molar-refractivity contribution >= 4 is 23.4 Å². The average molecular weight is 429 g/mol. The van der Waals surface area contributed by atoms with Gasteiger partial charge in [0.15, 0.2) is 6.17 Å². The number of carbonyl (C=O) groups excluding carboxylic acids is 2. The Kier molecular flexibility index (Phi) is 6.46. The molecule has 7 nitrogen and oxygen atoms in total. The highest BCUT2D eigenvalue weighted by Crippen LogP contribution is 2.38. The number of piperidine rings is 1. The lowest BCUT2D eigenvalue weighted by atomic mass is 9.76. The smallest absolute Gasteiger partial charge is 0.410 e. The molecule has 1 aromatic carbocycles. The summed E-state index contributed by atoms with van der Waals surface area (Å²) in [5, 5.41) is 0. The van der Waals surface area contributed by atoms with E-state index in [1.807, 2.05) is 52.0 Å². The zero-order valence-electron chi connectivity index (χ0n) is 19.6. The predicted octanol–water partition coefficient (Wildman–Crippen LogP) is 3.94. The molecule has 2 N–H and O–H groups in total. The van der Waals surface area contributed by atoms with Crippen LogP contribution in [0.4, 0.5) is 10.5 Å². The van der Waals surface area contributed by atoms with Crippen molar-refractivity contribution in [3.63, 3.8) is 0 Å². The molecule has 0 unspecified atom stereocenters. The van der Waals surface area contributed by atoms with E-state index in [-0.39, 0.29) is 23.5 Å². The third-order valence-corrected chi connectivity index (χ3v) is 5.81. The number of para-hydroxylation sites is 1. The Morgan fingerprint density at radius 3 is 2.61 bits per heavy atom. The summed E-state index contributed by atoms with van der Waals surface area (Å²) in [6, 6.07) is 7.44. The number of aliphatic imine (C=N–C) groups is 1. The summed E-state index contributed by atoms with van der Waals surface area (Å²) < 4.78 is 5.72. The molecule has 0 aliphatic carbocycles. The molecule has 2 aliphatic heterocycles. The molecule has 2 aliphatic rings. The second kappa shape index (κ2) is 8.61. The summed E-state index contributed by atoms with van der Waals surface area (Å²) in [6.45, 7) is 13.2. The van der Waals surface area contributed by atoms with Gasteiger partial charge in [-0.05, 0) is 51.5 Å². The number of likely N-dealkylation sites (tertiary alicyclic amines) is 1. The lowest BCUT2D eigenvalue weighted by molar-refractivity contribution is -0.119. The van der Waals surface area contributed by atoms with Gasteiger partial charge in [-0.3, -0.25) is 14.7 Å². The third kappa shape index (κ3) is 5.09. The quantitative estimate of drug-likeness (QED) is 0.790. The van der Waals surface area contributed by atoms with Gasteiger partial charge >= 0.3 is 6.09 Å². The summed E-state index contributed by atoms with van der Waals surface area (Å²) in [6.07, 6.45) is 1.03.